The third-order valence-corrected chi connectivity index (χ3v) is 3.72. The number of hydrogen-bond acceptors (Lipinski definition) is 3. The maximum absolute atomic E-state index is 14.1. The van der Waals surface area contributed by atoms with Gasteiger partial charge in [0.25, 0.3) is 0 Å². The number of carbonyl (C=O) groups is 1. The van der Waals surface area contributed by atoms with Crippen molar-refractivity contribution in [2.45, 2.75) is 19.1 Å². The van der Waals surface area contributed by atoms with E-state index in [0.717, 1.165) is 12.0 Å². The maximum atomic E-state index is 14.1. The highest BCUT2D eigenvalue weighted by atomic mass is 19.1. The minimum Gasteiger partial charge on any atom is -0.487 e. The van der Waals surface area contributed by atoms with Gasteiger partial charge in [-0.15, -0.1) is 0 Å². The van der Waals surface area contributed by atoms with Crippen LogP contribution in [0.1, 0.15) is 12.0 Å². The second kappa shape index (κ2) is 7.79. The Morgan fingerprint density at radius 2 is 2.04 bits per heavy atom. The monoisotopic (exact) mass is 330 g/mol. The molecule has 3 rings (SSSR count). The number of para-hydroxylation sites is 1. The van der Waals surface area contributed by atoms with Gasteiger partial charge in [-0.05, 0) is 24.1 Å². The first-order valence-electron chi connectivity index (χ1n) is 7.83. The van der Waals surface area contributed by atoms with Gasteiger partial charge in [-0.2, -0.15) is 0 Å². The number of ether oxygens (including phenoxy) is 2. The molecule has 2 aromatic carbocycles. The number of nitrogens with one attached hydrogen (secondary N) is 2. The van der Waals surface area contributed by atoms with Crippen LogP contribution in [-0.4, -0.2) is 25.3 Å². The Morgan fingerprint density at radius 1 is 1.21 bits per heavy atom. The molecule has 2 N–H and O–H groups in total. The molecule has 1 heterocycles. The highest BCUT2D eigenvalue weighted by Crippen LogP contribution is 2.28. The fourth-order valence-corrected chi connectivity index (χ4v) is 2.46. The third kappa shape index (κ3) is 4.23. The molecular formula is C18H19FN2O3. The molecule has 0 spiro atoms. The normalized spacial score (nSPS) is 16.6. The van der Waals surface area contributed by atoms with Crippen molar-refractivity contribution >= 4 is 11.7 Å². The summed E-state index contributed by atoms with van der Waals surface area (Å²) in [5, 5.41) is 5.29. The van der Waals surface area contributed by atoms with Crippen molar-refractivity contribution in [3.05, 3.63) is 59.9 Å². The molecule has 0 radical (unpaired) electrons. The van der Waals surface area contributed by atoms with Crippen LogP contribution in [0.2, 0.25) is 0 Å². The summed E-state index contributed by atoms with van der Waals surface area (Å²) in [7, 11) is 0. The van der Waals surface area contributed by atoms with Crippen LogP contribution in [-0.2, 0) is 11.3 Å². The van der Waals surface area contributed by atoms with Crippen molar-refractivity contribution in [3.8, 4) is 5.75 Å². The van der Waals surface area contributed by atoms with Gasteiger partial charge in [0.05, 0.1) is 12.6 Å². The van der Waals surface area contributed by atoms with Gasteiger partial charge < -0.3 is 20.1 Å². The second-order valence-corrected chi connectivity index (χ2v) is 5.55. The van der Waals surface area contributed by atoms with E-state index in [2.05, 4.69) is 10.6 Å². The van der Waals surface area contributed by atoms with Crippen LogP contribution >= 0.6 is 0 Å². The van der Waals surface area contributed by atoms with Gasteiger partial charge in [-0.25, -0.2) is 9.18 Å². The molecule has 2 aromatic rings. The molecule has 1 aliphatic rings. The number of carbonyl (C=O) groups excluding carboxylic acids is 1. The molecule has 0 unspecified atom stereocenters. The van der Waals surface area contributed by atoms with Crippen LogP contribution in [0, 0.1) is 5.82 Å². The first-order valence-corrected chi connectivity index (χ1v) is 7.83. The Hall–Kier alpha value is -2.60. The summed E-state index contributed by atoms with van der Waals surface area (Å²) in [6, 6.07) is 13.5. The van der Waals surface area contributed by atoms with E-state index < -0.39 is 11.8 Å². The van der Waals surface area contributed by atoms with Gasteiger partial charge in [0.15, 0.2) is 5.82 Å². The van der Waals surface area contributed by atoms with Gasteiger partial charge in [0.1, 0.15) is 18.0 Å². The van der Waals surface area contributed by atoms with Crippen molar-refractivity contribution in [1.29, 1.82) is 0 Å². The van der Waals surface area contributed by atoms with Crippen LogP contribution in [0.3, 0.4) is 0 Å². The molecule has 1 fully saturated rings. The lowest BCUT2D eigenvalue weighted by Gasteiger charge is -2.15. The van der Waals surface area contributed by atoms with Gasteiger partial charge in [0.2, 0.25) is 0 Å². The summed E-state index contributed by atoms with van der Waals surface area (Å²) in [4.78, 5) is 12.0. The number of rotatable bonds is 5. The van der Waals surface area contributed by atoms with E-state index >= 15 is 0 Å². The smallest absolute Gasteiger partial charge is 0.319 e. The zero-order chi connectivity index (χ0) is 16.8. The van der Waals surface area contributed by atoms with Crippen LogP contribution in [0.4, 0.5) is 14.9 Å². The van der Waals surface area contributed by atoms with Gasteiger partial charge in [0, 0.05) is 6.61 Å². The number of amides is 2. The van der Waals surface area contributed by atoms with Crippen molar-refractivity contribution in [1.82, 2.24) is 5.32 Å². The Labute approximate surface area is 139 Å². The largest absolute Gasteiger partial charge is 0.487 e. The molecule has 0 aliphatic carbocycles. The Balaban J connectivity index is 1.66. The standard InChI is InChI=1S/C18H19FN2O3/c19-15-7-4-8-16(24-11-13-5-2-1-3-6-13)17(15)21-18(22)20-14-9-10-23-12-14/h1-8,14H,9-12H2,(H2,20,21,22)/t14-/m1/s1. The maximum Gasteiger partial charge on any atom is 0.319 e. The lowest BCUT2D eigenvalue weighted by molar-refractivity contribution is 0.189. The molecule has 0 saturated carbocycles. The SMILES string of the molecule is O=C(Nc1c(F)cccc1OCc1ccccc1)N[C@@H]1CCOC1. The van der Waals surface area contributed by atoms with Crippen molar-refractivity contribution in [2.24, 2.45) is 0 Å². The number of benzene rings is 2. The molecule has 1 atom stereocenters. The second-order valence-electron chi connectivity index (χ2n) is 5.55. The van der Waals surface area contributed by atoms with E-state index in [4.69, 9.17) is 9.47 Å². The zero-order valence-corrected chi connectivity index (χ0v) is 13.1. The first-order chi connectivity index (χ1) is 11.7. The first kappa shape index (κ1) is 16.3. The minimum absolute atomic E-state index is 0.0323. The molecule has 5 nitrogen and oxygen atoms in total. The number of halogens is 1. The molecule has 24 heavy (non-hydrogen) atoms. The molecule has 2 amide bonds. The number of hydrogen-bond donors (Lipinski definition) is 2. The van der Waals surface area contributed by atoms with Crippen molar-refractivity contribution < 1.29 is 18.7 Å². The predicted octanol–water partition coefficient (Wildman–Crippen LogP) is 3.32. The number of anilines is 1. The van der Waals surface area contributed by atoms with E-state index in [1.165, 1.54) is 6.07 Å². The number of urea groups is 1. The average Bonchev–Trinajstić information content (AvgIpc) is 3.09. The summed E-state index contributed by atoms with van der Waals surface area (Å²) in [6.45, 7) is 1.38. The predicted molar refractivity (Wildman–Crippen MR) is 88.6 cm³/mol. The van der Waals surface area contributed by atoms with Crippen LogP contribution < -0.4 is 15.4 Å². The Bertz CT molecular complexity index is 688. The zero-order valence-electron chi connectivity index (χ0n) is 13.1. The molecule has 6 heteroatoms. The fourth-order valence-electron chi connectivity index (χ4n) is 2.46. The van der Waals surface area contributed by atoms with Crippen molar-refractivity contribution in [3.63, 3.8) is 0 Å². The summed E-state index contributed by atoms with van der Waals surface area (Å²) in [5.41, 5.74) is 0.991. The van der Waals surface area contributed by atoms with E-state index in [1.54, 1.807) is 12.1 Å². The molecular weight excluding hydrogens is 311 g/mol. The van der Waals surface area contributed by atoms with Crippen LogP contribution in [0.15, 0.2) is 48.5 Å². The quantitative estimate of drug-likeness (QED) is 0.884. The lowest BCUT2D eigenvalue weighted by Crippen LogP contribution is -2.38. The molecule has 0 aromatic heterocycles. The summed E-state index contributed by atoms with van der Waals surface area (Å²) < 4.78 is 25.0. The summed E-state index contributed by atoms with van der Waals surface area (Å²) >= 11 is 0. The topological polar surface area (TPSA) is 59.6 Å². The third-order valence-electron chi connectivity index (χ3n) is 3.72. The lowest BCUT2D eigenvalue weighted by atomic mass is 10.2. The van der Waals surface area contributed by atoms with E-state index in [1.807, 2.05) is 30.3 Å². The van der Waals surface area contributed by atoms with Gasteiger partial charge >= 0.3 is 6.03 Å². The van der Waals surface area contributed by atoms with E-state index in [9.17, 15) is 9.18 Å². The summed E-state index contributed by atoms with van der Waals surface area (Å²) in [6.07, 6.45) is 0.752. The van der Waals surface area contributed by atoms with Gasteiger partial charge in [-0.3, -0.25) is 0 Å². The highest BCUT2D eigenvalue weighted by Gasteiger charge is 2.19. The van der Waals surface area contributed by atoms with Gasteiger partial charge in [-0.1, -0.05) is 36.4 Å². The van der Waals surface area contributed by atoms with Crippen LogP contribution in [0.5, 0.6) is 5.75 Å². The molecule has 126 valence electrons. The van der Waals surface area contributed by atoms with Crippen LogP contribution in [0.25, 0.3) is 0 Å². The Kier molecular flexibility index (Phi) is 5.28. The van der Waals surface area contributed by atoms with E-state index in [-0.39, 0.29) is 24.1 Å². The highest BCUT2D eigenvalue weighted by molar-refractivity contribution is 5.91. The van der Waals surface area contributed by atoms with Crippen molar-refractivity contribution in [2.75, 3.05) is 18.5 Å². The summed E-state index contributed by atoms with van der Waals surface area (Å²) in [5.74, 6) is -0.255. The fraction of sp³-hybridized carbons (Fsp3) is 0.278. The average molecular weight is 330 g/mol. The Morgan fingerprint density at radius 3 is 2.79 bits per heavy atom. The molecule has 1 saturated heterocycles. The minimum atomic E-state index is -0.543. The molecule has 1 aliphatic heterocycles. The van der Waals surface area contributed by atoms with E-state index in [0.29, 0.717) is 13.2 Å². The molecule has 0 bridgehead atoms.